The molecule has 0 fully saturated rings. The number of H-pyrrole nitrogens is 1. The lowest BCUT2D eigenvalue weighted by Gasteiger charge is -2.21. The number of aromatic amines is 1. The van der Waals surface area contributed by atoms with E-state index in [4.69, 9.17) is 9.47 Å². The third-order valence-electron chi connectivity index (χ3n) is 7.35. The number of fused-ring (bicyclic) bond motifs is 2. The number of aryl methyl sites for hydroxylation is 2. The zero-order chi connectivity index (χ0) is 28.7. The molecule has 1 aromatic heterocycles. The van der Waals surface area contributed by atoms with Crippen molar-refractivity contribution in [3.8, 4) is 22.6 Å². The van der Waals surface area contributed by atoms with E-state index in [1.807, 2.05) is 31.2 Å². The lowest BCUT2D eigenvalue weighted by molar-refractivity contribution is 0.0732. The lowest BCUT2D eigenvalue weighted by Crippen LogP contribution is -2.33. The van der Waals surface area contributed by atoms with Gasteiger partial charge in [0.1, 0.15) is 23.9 Å². The molecule has 0 unspecified atom stereocenters. The molecule has 5 aromatic rings. The molecular formula is C32H29N3O5S. The van der Waals surface area contributed by atoms with E-state index in [1.165, 1.54) is 25.3 Å². The largest absolute Gasteiger partial charge is 0.497 e. The topological polar surface area (TPSA) is 102 Å². The molecule has 2 heterocycles. The van der Waals surface area contributed by atoms with Gasteiger partial charge in [-0.3, -0.25) is 4.79 Å². The number of hydrogen-bond acceptors (Lipinski definition) is 6. The van der Waals surface area contributed by atoms with Crippen molar-refractivity contribution < 1.29 is 22.7 Å². The van der Waals surface area contributed by atoms with Gasteiger partial charge in [-0.2, -0.15) is 0 Å². The van der Waals surface area contributed by atoms with Crippen LogP contribution < -0.4 is 9.47 Å². The number of nitrogens with zero attached hydrogens (tertiary/aromatic N) is 2. The summed E-state index contributed by atoms with van der Waals surface area (Å²) in [4.78, 5) is 23.5. The van der Waals surface area contributed by atoms with Crippen molar-refractivity contribution in [2.75, 3.05) is 20.3 Å². The molecule has 0 saturated carbocycles. The van der Waals surface area contributed by atoms with Crippen LogP contribution in [0.25, 0.3) is 22.2 Å². The molecular weight excluding hydrogens is 538 g/mol. The molecule has 1 N–H and O–H groups in total. The third-order valence-corrected chi connectivity index (χ3v) is 9.10. The molecule has 41 heavy (non-hydrogen) atoms. The predicted molar refractivity (Wildman–Crippen MR) is 156 cm³/mol. The average Bonchev–Trinajstić information content (AvgIpc) is 3.22. The number of carbonyl (C=O) groups excluding carboxylic acids is 1. The van der Waals surface area contributed by atoms with Gasteiger partial charge in [-0.1, -0.05) is 18.2 Å². The maximum atomic E-state index is 13.7. The van der Waals surface area contributed by atoms with Gasteiger partial charge in [0.15, 0.2) is 0 Å². The van der Waals surface area contributed by atoms with Gasteiger partial charge in [0.25, 0.3) is 5.91 Å². The summed E-state index contributed by atoms with van der Waals surface area (Å²) in [5.74, 6) is 1.89. The Labute approximate surface area is 238 Å². The minimum Gasteiger partial charge on any atom is -0.497 e. The molecule has 6 rings (SSSR count). The van der Waals surface area contributed by atoms with Crippen LogP contribution in [0.2, 0.25) is 0 Å². The molecule has 8 nitrogen and oxygen atoms in total. The Kier molecular flexibility index (Phi) is 6.75. The van der Waals surface area contributed by atoms with Crippen molar-refractivity contribution >= 4 is 26.8 Å². The molecule has 208 valence electrons. The van der Waals surface area contributed by atoms with Crippen molar-refractivity contribution in [2.24, 2.45) is 0 Å². The summed E-state index contributed by atoms with van der Waals surface area (Å²) in [7, 11) is -2.29. The maximum absolute atomic E-state index is 13.7. The van der Waals surface area contributed by atoms with Gasteiger partial charge in [-0.15, -0.1) is 0 Å². The van der Waals surface area contributed by atoms with Gasteiger partial charge in [0.05, 0.1) is 34.5 Å². The average molecular weight is 568 g/mol. The van der Waals surface area contributed by atoms with E-state index in [-0.39, 0.29) is 15.7 Å². The second-order valence-corrected chi connectivity index (χ2v) is 12.1. The zero-order valence-corrected chi connectivity index (χ0v) is 23.8. The van der Waals surface area contributed by atoms with Crippen molar-refractivity contribution in [1.82, 2.24) is 14.9 Å². The number of amides is 1. The number of aromatic nitrogens is 2. The molecule has 9 heteroatoms. The number of benzene rings is 4. The SMILES string of the molecule is COc1cccc(S(=O)(=O)c2ccc(C(=O)N3CCOc4ccc(-c5ccc6nc(C)[nH]c6c5)cc4C3)c(C)c2)c1. The molecule has 4 aromatic carbocycles. The minimum atomic E-state index is -3.78. The second-order valence-electron chi connectivity index (χ2n) is 10.1. The van der Waals surface area contributed by atoms with E-state index in [2.05, 4.69) is 22.1 Å². The van der Waals surface area contributed by atoms with E-state index in [9.17, 15) is 13.2 Å². The van der Waals surface area contributed by atoms with Crippen LogP contribution in [0.15, 0.2) is 88.7 Å². The van der Waals surface area contributed by atoms with Crippen LogP contribution in [-0.2, 0) is 16.4 Å². The molecule has 0 aliphatic carbocycles. The number of ether oxygens (including phenoxy) is 2. The first-order valence-corrected chi connectivity index (χ1v) is 14.7. The molecule has 0 saturated heterocycles. The van der Waals surface area contributed by atoms with E-state index < -0.39 is 9.84 Å². The van der Waals surface area contributed by atoms with Crippen LogP contribution in [0.3, 0.4) is 0 Å². The van der Waals surface area contributed by atoms with Gasteiger partial charge < -0.3 is 19.4 Å². The van der Waals surface area contributed by atoms with Crippen LogP contribution in [0, 0.1) is 13.8 Å². The van der Waals surface area contributed by atoms with Crippen LogP contribution in [0.4, 0.5) is 0 Å². The van der Waals surface area contributed by atoms with Gasteiger partial charge in [-0.25, -0.2) is 13.4 Å². The van der Waals surface area contributed by atoms with Crippen LogP contribution in [-0.4, -0.2) is 49.5 Å². The van der Waals surface area contributed by atoms with E-state index in [0.29, 0.717) is 36.6 Å². The van der Waals surface area contributed by atoms with Crippen molar-refractivity contribution in [3.05, 3.63) is 101 Å². The molecule has 0 bridgehead atoms. The van der Waals surface area contributed by atoms with Crippen molar-refractivity contribution in [3.63, 3.8) is 0 Å². The second kappa shape index (κ2) is 10.4. The highest BCUT2D eigenvalue weighted by Crippen LogP contribution is 2.32. The monoisotopic (exact) mass is 567 g/mol. The smallest absolute Gasteiger partial charge is 0.254 e. The fourth-order valence-electron chi connectivity index (χ4n) is 5.18. The van der Waals surface area contributed by atoms with E-state index >= 15 is 0 Å². The highest BCUT2D eigenvalue weighted by atomic mass is 32.2. The summed E-state index contributed by atoms with van der Waals surface area (Å²) in [6.07, 6.45) is 0. The lowest BCUT2D eigenvalue weighted by atomic mass is 10.0. The summed E-state index contributed by atoms with van der Waals surface area (Å²) < 4.78 is 37.7. The number of imidazole rings is 1. The van der Waals surface area contributed by atoms with Gasteiger partial charge in [0.2, 0.25) is 9.84 Å². The molecule has 0 radical (unpaired) electrons. The van der Waals surface area contributed by atoms with Gasteiger partial charge in [0, 0.05) is 17.7 Å². The summed E-state index contributed by atoms with van der Waals surface area (Å²) in [5.41, 5.74) is 5.88. The van der Waals surface area contributed by atoms with Crippen LogP contribution >= 0.6 is 0 Å². The number of sulfone groups is 1. The zero-order valence-electron chi connectivity index (χ0n) is 23.0. The summed E-state index contributed by atoms with van der Waals surface area (Å²) in [6, 6.07) is 23.1. The quantitative estimate of drug-likeness (QED) is 0.291. The number of rotatable bonds is 5. The highest BCUT2D eigenvalue weighted by molar-refractivity contribution is 7.91. The van der Waals surface area contributed by atoms with Crippen LogP contribution in [0.5, 0.6) is 11.5 Å². The first-order chi connectivity index (χ1) is 19.7. The molecule has 1 aliphatic heterocycles. The molecule has 1 amide bonds. The first-order valence-electron chi connectivity index (χ1n) is 13.2. The maximum Gasteiger partial charge on any atom is 0.254 e. The minimum absolute atomic E-state index is 0.124. The molecule has 0 atom stereocenters. The fourth-order valence-corrected chi connectivity index (χ4v) is 6.56. The highest BCUT2D eigenvalue weighted by Gasteiger charge is 2.25. The van der Waals surface area contributed by atoms with Crippen LogP contribution in [0.1, 0.15) is 27.3 Å². The standard InChI is InChI=1S/C32H29N3O5S/c1-20-15-27(41(37,38)26-6-4-5-25(18-26)39-3)9-10-28(20)32(36)35-13-14-40-31-12-8-22(16-24(31)19-35)23-7-11-29-30(17-23)34-21(2)33-29/h4-12,15-18H,13-14,19H2,1-3H3,(H,33,34). The first kappa shape index (κ1) is 26.6. The Morgan fingerprint density at radius 1 is 0.951 bits per heavy atom. The molecule has 0 spiro atoms. The van der Waals surface area contributed by atoms with Gasteiger partial charge in [-0.05, 0) is 91.2 Å². The Morgan fingerprint density at radius 3 is 2.54 bits per heavy atom. The summed E-state index contributed by atoms with van der Waals surface area (Å²) >= 11 is 0. The predicted octanol–water partition coefficient (Wildman–Crippen LogP) is 5.72. The summed E-state index contributed by atoms with van der Waals surface area (Å²) in [6.45, 7) is 4.83. The Morgan fingerprint density at radius 2 is 1.73 bits per heavy atom. The Hall–Kier alpha value is -4.63. The van der Waals surface area contributed by atoms with E-state index in [0.717, 1.165) is 39.3 Å². The number of hydrogen-bond donors (Lipinski definition) is 1. The van der Waals surface area contributed by atoms with E-state index in [1.54, 1.807) is 36.1 Å². The molecule has 1 aliphatic rings. The number of carbonyl (C=O) groups is 1. The Balaban J connectivity index is 1.27. The van der Waals surface area contributed by atoms with Crippen molar-refractivity contribution in [1.29, 1.82) is 0 Å². The normalized spacial score (nSPS) is 13.4. The number of methoxy groups -OCH3 is 1. The Bertz CT molecular complexity index is 1910. The van der Waals surface area contributed by atoms with Crippen molar-refractivity contribution in [2.45, 2.75) is 30.2 Å². The summed E-state index contributed by atoms with van der Waals surface area (Å²) in [5, 5.41) is 0. The fraction of sp³-hybridized carbons (Fsp3) is 0.188. The van der Waals surface area contributed by atoms with Gasteiger partial charge >= 0.3 is 0 Å². The number of nitrogens with one attached hydrogen (secondary N) is 1. The third kappa shape index (κ3) is 5.04.